The maximum absolute atomic E-state index is 12.3. The van der Waals surface area contributed by atoms with Crippen LogP contribution in [0.15, 0.2) is 48.8 Å². The van der Waals surface area contributed by atoms with Gasteiger partial charge in [0.2, 0.25) is 0 Å². The summed E-state index contributed by atoms with van der Waals surface area (Å²) >= 11 is 0. The van der Waals surface area contributed by atoms with Gasteiger partial charge in [-0.25, -0.2) is 9.50 Å². The quantitative estimate of drug-likeness (QED) is 0.802. The average molecular weight is 280 g/mol. The van der Waals surface area contributed by atoms with Crippen molar-refractivity contribution in [2.24, 2.45) is 0 Å². The van der Waals surface area contributed by atoms with E-state index >= 15 is 0 Å². The van der Waals surface area contributed by atoms with Gasteiger partial charge in [-0.05, 0) is 31.5 Å². The molecule has 5 heteroatoms. The van der Waals surface area contributed by atoms with Gasteiger partial charge in [0.1, 0.15) is 5.69 Å². The van der Waals surface area contributed by atoms with Crippen molar-refractivity contribution in [3.05, 3.63) is 65.6 Å². The van der Waals surface area contributed by atoms with E-state index in [0.29, 0.717) is 5.69 Å². The number of fused-ring (bicyclic) bond motifs is 1. The van der Waals surface area contributed by atoms with Crippen LogP contribution in [0.3, 0.4) is 0 Å². The second kappa shape index (κ2) is 5.36. The number of hydrogen-bond donors (Lipinski definition) is 1. The van der Waals surface area contributed by atoms with Gasteiger partial charge >= 0.3 is 0 Å². The van der Waals surface area contributed by atoms with Crippen LogP contribution >= 0.6 is 0 Å². The van der Waals surface area contributed by atoms with Gasteiger partial charge in [-0.15, -0.1) is 0 Å². The van der Waals surface area contributed by atoms with Crippen molar-refractivity contribution < 1.29 is 4.79 Å². The first kappa shape index (κ1) is 13.3. The van der Waals surface area contributed by atoms with Crippen LogP contribution < -0.4 is 5.32 Å². The van der Waals surface area contributed by atoms with E-state index in [4.69, 9.17) is 0 Å². The standard InChI is InChI=1S/C16H16N4O/c1-11-3-5-13(6-4-11)12(2)18-16(21)14-7-8-15-17-9-10-20(15)19-14/h3-10,12H,1-2H3,(H,18,21)/t12-/m0/s1. The smallest absolute Gasteiger partial charge is 0.272 e. The van der Waals surface area contributed by atoms with E-state index in [2.05, 4.69) is 15.4 Å². The normalized spacial score (nSPS) is 12.3. The zero-order valence-corrected chi connectivity index (χ0v) is 11.9. The molecule has 0 bridgehead atoms. The third-order valence-corrected chi connectivity index (χ3v) is 3.41. The molecule has 0 fully saturated rings. The van der Waals surface area contributed by atoms with Crippen molar-refractivity contribution in [2.75, 3.05) is 0 Å². The van der Waals surface area contributed by atoms with Gasteiger partial charge in [0, 0.05) is 12.4 Å². The Morgan fingerprint density at radius 3 is 2.71 bits per heavy atom. The van der Waals surface area contributed by atoms with Crippen LogP contribution in [0.4, 0.5) is 0 Å². The Labute approximate surface area is 122 Å². The molecular formula is C16H16N4O. The molecule has 0 radical (unpaired) electrons. The number of benzene rings is 1. The summed E-state index contributed by atoms with van der Waals surface area (Å²) in [6, 6.07) is 11.5. The maximum Gasteiger partial charge on any atom is 0.272 e. The summed E-state index contributed by atoms with van der Waals surface area (Å²) in [7, 11) is 0. The second-order valence-corrected chi connectivity index (χ2v) is 5.05. The number of carbonyl (C=O) groups excluding carboxylic acids is 1. The fourth-order valence-corrected chi connectivity index (χ4v) is 2.15. The Morgan fingerprint density at radius 1 is 1.19 bits per heavy atom. The van der Waals surface area contributed by atoms with Gasteiger partial charge in [0.05, 0.1) is 6.04 Å². The first-order valence-corrected chi connectivity index (χ1v) is 6.81. The molecule has 0 aliphatic carbocycles. The molecule has 0 saturated carbocycles. The molecule has 0 unspecified atom stereocenters. The van der Waals surface area contributed by atoms with E-state index in [1.807, 2.05) is 38.1 Å². The van der Waals surface area contributed by atoms with Crippen molar-refractivity contribution >= 4 is 11.6 Å². The van der Waals surface area contributed by atoms with Crippen molar-refractivity contribution in [3.63, 3.8) is 0 Å². The fourth-order valence-electron chi connectivity index (χ4n) is 2.15. The summed E-state index contributed by atoms with van der Waals surface area (Å²) in [6.45, 7) is 4.00. The molecule has 0 spiro atoms. The topological polar surface area (TPSA) is 59.3 Å². The molecule has 2 heterocycles. The van der Waals surface area contributed by atoms with Crippen LogP contribution in [-0.4, -0.2) is 20.5 Å². The van der Waals surface area contributed by atoms with Crippen LogP contribution in [0.2, 0.25) is 0 Å². The highest BCUT2D eigenvalue weighted by molar-refractivity contribution is 5.92. The molecule has 1 amide bonds. The van der Waals surface area contributed by atoms with Gasteiger partial charge in [0.25, 0.3) is 5.91 Å². The second-order valence-electron chi connectivity index (χ2n) is 5.05. The zero-order valence-electron chi connectivity index (χ0n) is 11.9. The lowest BCUT2D eigenvalue weighted by molar-refractivity contribution is 0.0933. The van der Waals surface area contributed by atoms with Crippen LogP contribution in [0, 0.1) is 6.92 Å². The number of aryl methyl sites for hydroxylation is 1. The largest absolute Gasteiger partial charge is 0.344 e. The minimum atomic E-state index is -0.196. The van der Waals surface area contributed by atoms with Crippen LogP contribution in [0.5, 0.6) is 0 Å². The lowest BCUT2D eigenvalue weighted by Gasteiger charge is -2.14. The van der Waals surface area contributed by atoms with Gasteiger partial charge in [0.15, 0.2) is 5.65 Å². The number of amides is 1. The molecule has 0 aliphatic heterocycles. The lowest BCUT2D eigenvalue weighted by Crippen LogP contribution is -2.27. The van der Waals surface area contributed by atoms with Crippen molar-refractivity contribution in [1.29, 1.82) is 0 Å². The number of rotatable bonds is 3. The lowest BCUT2D eigenvalue weighted by atomic mass is 10.1. The molecule has 106 valence electrons. The third kappa shape index (κ3) is 2.76. The van der Waals surface area contributed by atoms with Crippen molar-refractivity contribution in [1.82, 2.24) is 19.9 Å². The Bertz CT molecular complexity index is 776. The molecular weight excluding hydrogens is 264 g/mol. The monoisotopic (exact) mass is 280 g/mol. The summed E-state index contributed by atoms with van der Waals surface area (Å²) in [5.74, 6) is -0.196. The fraction of sp³-hybridized carbons (Fsp3) is 0.188. The molecule has 0 saturated heterocycles. The molecule has 1 N–H and O–H groups in total. The predicted molar refractivity (Wildman–Crippen MR) is 80.0 cm³/mol. The minimum Gasteiger partial charge on any atom is -0.344 e. The number of aromatic nitrogens is 3. The summed E-state index contributed by atoms with van der Waals surface area (Å²) in [5.41, 5.74) is 3.36. The van der Waals surface area contributed by atoms with E-state index < -0.39 is 0 Å². The van der Waals surface area contributed by atoms with Gasteiger partial charge in [-0.2, -0.15) is 5.10 Å². The highest BCUT2D eigenvalue weighted by atomic mass is 16.2. The Morgan fingerprint density at radius 2 is 1.95 bits per heavy atom. The first-order chi connectivity index (χ1) is 10.1. The summed E-state index contributed by atoms with van der Waals surface area (Å²) < 4.78 is 1.59. The Kier molecular flexibility index (Phi) is 3.39. The van der Waals surface area contributed by atoms with E-state index in [0.717, 1.165) is 11.2 Å². The van der Waals surface area contributed by atoms with E-state index in [1.54, 1.807) is 29.0 Å². The SMILES string of the molecule is Cc1ccc([C@H](C)NC(=O)c2ccc3nccn3n2)cc1. The maximum atomic E-state index is 12.3. The van der Waals surface area contributed by atoms with Gasteiger partial charge in [-0.1, -0.05) is 29.8 Å². The molecule has 3 rings (SSSR count). The molecule has 3 aromatic rings. The van der Waals surface area contributed by atoms with Crippen LogP contribution in [0.1, 0.15) is 34.6 Å². The number of nitrogens with zero attached hydrogens (tertiary/aromatic N) is 3. The van der Waals surface area contributed by atoms with Crippen LogP contribution in [-0.2, 0) is 0 Å². The Balaban J connectivity index is 1.77. The molecule has 21 heavy (non-hydrogen) atoms. The average Bonchev–Trinajstić information content (AvgIpc) is 2.95. The van der Waals surface area contributed by atoms with E-state index in [-0.39, 0.29) is 11.9 Å². The highest BCUT2D eigenvalue weighted by Gasteiger charge is 2.13. The first-order valence-electron chi connectivity index (χ1n) is 6.81. The van der Waals surface area contributed by atoms with Crippen LogP contribution in [0.25, 0.3) is 5.65 Å². The molecule has 0 aliphatic rings. The molecule has 1 aromatic carbocycles. The van der Waals surface area contributed by atoms with Crippen molar-refractivity contribution in [3.8, 4) is 0 Å². The molecule has 1 atom stereocenters. The number of hydrogen-bond acceptors (Lipinski definition) is 3. The summed E-state index contributed by atoms with van der Waals surface area (Å²) in [5, 5.41) is 7.19. The highest BCUT2D eigenvalue weighted by Crippen LogP contribution is 2.13. The van der Waals surface area contributed by atoms with E-state index in [9.17, 15) is 4.79 Å². The molecule has 2 aromatic heterocycles. The number of imidazole rings is 1. The minimum absolute atomic E-state index is 0.0709. The van der Waals surface area contributed by atoms with Gasteiger partial charge in [-0.3, -0.25) is 4.79 Å². The summed E-state index contributed by atoms with van der Waals surface area (Å²) in [6.07, 6.45) is 3.37. The van der Waals surface area contributed by atoms with Crippen molar-refractivity contribution in [2.45, 2.75) is 19.9 Å². The summed E-state index contributed by atoms with van der Waals surface area (Å²) in [4.78, 5) is 16.4. The molecule has 5 nitrogen and oxygen atoms in total. The van der Waals surface area contributed by atoms with Gasteiger partial charge < -0.3 is 5.32 Å². The number of nitrogens with one attached hydrogen (secondary N) is 1. The third-order valence-electron chi connectivity index (χ3n) is 3.41. The van der Waals surface area contributed by atoms with E-state index in [1.165, 1.54) is 5.56 Å². The predicted octanol–water partition coefficient (Wildman–Crippen LogP) is 2.53. The number of carbonyl (C=O) groups is 1. The zero-order chi connectivity index (χ0) is 14.8. The Hall–Kier alpha value is -2.69.